The van der Waals surface area contributed by atoms with Crippen LogP contribution in [-0.4, -0.2) is 36.6 Å². The maximum atomic E-state index is 12.6. The first kappa shape index (κ1) is 20.6. The van der Waals surface area contributed by atoms with E-state index in [0.717, 1.165) is 41.6 Å². The molecule has 0 bridgehead atoms. The quantitative estimate of drug-likeness (QED) is 0.677. The standard InChI is InChI=1S/C22H31N3O2S/c1-4-19(27-20-10-6-5-9-18(20)16(2)3)21(26)23-12-11-17-15-28-22(24-17)25-13-7-8-14-25/h5-6,9-10,15-16,19H,4,7-8,11-14H2,1-3H3,(H,23,26). The third-order valence-electron chi connectivity index (χ3n) is 5.07. The average molecular weight is 402 g/mol. The molecular weight excluding hydrogens is 370 g/mol. The molecule has 2 aromatic rings. The van der Waals surface area contributed by atoms with Gasteiger partial charge in [0.05, 0.1) is 5.69 Å². The summed E-state index contributed by atoms with van der Waals surface area (Å²) in [6.07, 6.45) is 3.41. The van der Waals surface area contributed by atoms with Crippen LogP contribution in [0.1, 0.15) is 57.2 Å². The van der Waals surface area contributed by atoms with Gasteiger partial charge in [-0.3, -0.25) is 4.79 Å². The Kier molecular flexibility index (Phi) is 7.31. The third kappa shape index (κ3) is 5.25. The monoisotopic (exact) mass is 401 g/mol. The molecule has 1 N–H and O–H groups in total. The van der Waals surface area contributed by atoms with E-state index in [4.69, 9.17) is 9.72 Å². The van der Waals surface area contributed by atoms with Crippen molar-refractivity contribution in [3.05, 3.63) is 40.9 Å². The Labute approximate surface area is 172 Å². The van der Waals surface area contributed by atoms with Crippen molar-refractivity contribution in [2.45, 2.75) is 58.5 Å². The number of nitrogens with zero attached hydrogens (tertiary/aromatic N) is 2. The molecule has 1 unspecified atom stereocenters. The van der Waals surface area contributed by atoms with Crippen LogP contribution >= 0.6 is 11.3 Å². The molecule has 1 saturated heterocycles. The lowest BCUT2D eigenvalue weighted by molar-refractivity contribution is -0.128. The van der Waals surface area contributed by atoms with E-state index in [2.05, 4.69) is 35.5 Å². The normalized spacial score (nSPS) is 15.1. The van der Waals surface area contributed by atoms with E-state index >= 15 is 0 Å². The fraction of sp³-hybridized carbons (Fsp3) is 0.545. The van der Waals surface area contributed by atoms with Crippen molar-refractivity contribution in [1.29, 1.82) is 0 Å². The zero-order chi connectivity index (χ0) is 19.9. The van der Waals surface area contributed by atoms with E-state index in [9.17, 15) is 4.79 Å². The van der Waals surface area contributed by atoms with Crippen LogP contribution in [0.2, 0.25) is 0 Å². The summed E-state index contributed by atoms with van der Waals surface area (Å²) in [4.78, 5) is 19.7. The molecule has 3 rings (SSSR count). The van der Waals surface area contributed by atoms with Gasteiger partial charge in [0, 0.05) is 31.4 Å². The molecule has 1 amide bonds. The molecule has 5 nitrogen and oxygen atoms in total. The number of para-hydroxylation sites is 1. The molecule has 6 heteroatoms. The first-order valence-corrected chi connectivity index (χ1v) is 11.2. The summed E-state index contributed by atoms with van der Waals surface area (Å²) in [5, 5.41) is 6.23. The number of hydrogen-bond acceptors (Lipinski definition) is 5. The number of benzene rings is 1. The van der Waals surface area contributed by atoms with E-state index in [1.54, 1.807) is 11.3 Å². The Morgan fingerprint density at radius 2 is 2.04 bits per heavy atom. The van der Waals surface area contributed by atoms with E-state index < -0.39 is 6.10 Å². The zero-order valence-corrected chi connectivity index (χ0v) is 17.9. The fourth-order valence-corrected chi connectivity index (χ4v) is 4.35. The second-order valence-corrected chi connectivity index (χ2v) is 8.40. The smallest absolute Gasteiger partial charge is 0.261 e. The molecule has 1 aromatic heterocycles. The number of carbonyl (C=O) groups is 1. The predicted molar refractivity (Wildman–Crippen MR) is 116 cm³/mol. The lowest BCUT2D eigenvalue weighted by Crippen LogP contribution is -2.39. The molecule has 0 spiro atoms. The summed E-state index contributed by atoms with van der Waals surface area (Å²) in [7, 11) is 0. The second-order valence-electron chi connectivity index (χ2n) is 7.56. The Hall–Kier alpha value is -2.08. The summed E-state index contributed by atoms with van der Waals surface area (Å²) in [6, 6.07) is 7.96. The van der Waals surface area contributed by atoms with Gasteiger partial charge in [-0.1, -0.05) is 39.0 Å². The van der Waals surface area contributed by atoms with Gasteiger partial charge in [-0.25, -0.2) is 4.98 Å². The largest absolute Gasteiger partial charge is 0.480 e. The number of amides is 1. The molecule has 1 atom stereocenters. The molecule has 1 aliphatic heterocycles. The summed E-state index contributed by atoms with van der Waals surface area (Å²) in [5.41, 5.74) is 2.18. The first-order chi connectivity index (χ1) is 13.6. The first-order valence-electron chi connectivity index (χ1n) is 10.3. The Morgan fingerprint density at radius 1 is 1.29 bits per heavy atom. The Morgan fingerprint density at radius 3 is 2.75 bits per heavy atom. The van der Waals surface area contributed by atoms with Crippen molar-refractivity contribution in [3.8, 4) is 5.75 Å². The maximum Gasteiger partial charge on any atom is 0.261 e. The van der Waals surface area contributed by atoms with Gasteiger partial charge in [-0.05, 0) is 36.8 Å². The third-order valence-corrected chi connectivity index (χ3v) is 6.02. The lowest BCUT2D eigenvalue weighted by Gasteiger charge is -2.20. The van der Waals surface area contributed by atoms with Gasteiger partial charge in [-0.2, -0.15) is 0 Å². The van der Waals surface area contributed by atoms with Crippen molar-refractivity contribution >= 4 is 22.4 Å². The molecule has 0 saturated carbocycles. The number of thiazole rings is 1. The van der Waals surface area contributed by atoms with Gasteiger partial charge in [0.25, 0.3) is 5.91 Å². The topological polar surface area (TPSA) is 54.5 Å². The number of anilines is 1. The van der Waals surface area contributed by atoms with Crippen molar-refractivity contribution in [2.24, 2.45) is 0 Å². The van der Waals surface area contributed by atoms with Crippen molar-refractivity contribution in [2.75, 3.05) is 24.5 Å². The van der Waals surface area contributed by atoms with Crippen LogP contribution < -0.4 is 15.0 Å². The number of carbonyl (C=O) groups excluding carboxylic acids is 1. The second kappa shape index (κ2) is 9.92. The molecule has 0 aliphatic carbocycles. The van der Waals surface area contributed by atoms with Crippen LogP contribution in [0.4, 0.5) is 5.13 Å². The highest BCUT2D eigenvalue weighted by Crippen LogP contribution is 2.27. The number of rotatable bonds is 9. The summed E-state index contributed by atoms with van der Waals surface area (Å²) < 4.78 is 6.06. The minimum Gasteiger partial charge on any atom is -0.480 e. The van der Waals surface area contributed by atoms with E-state index in [-0.39, 0.29) is 5.91 Å². The van der Waals surface area contributed by atoms with Gasteiger partial charge >= 0.3 is 0 Å². The summed E-state index contributed by atoms with van der Waals surface area (Å²) in [6.45, 7) is 9.04. The predicted octanol–water partition coefficient (Wildman–Crippen LogP) is 4.38. The van der Waals surface area contributed by atoms with E-state index in [1.807, 2.05) is 25.1 Å². The fourth-order valence-electron chi connectivity index (χ4n) is 3.43. The van der Waals surface area contributed by atoms with Crippen molar-refractivity contribution < 1.29 is 9.53 Å². The van der Waals surface area contributed by atoms with Crippen LogP contribution in [0, 0.1) is 0 Å². The summed E-state index contributed by atoms with van der Waals surface area (Å²) in [5.74, 6) is 1.09. The average Bonchev–Trinajstić information content (AvgIpc) is 3.37. The molecule has 152 valence electrons. The molecule has 0 radical (unpaired) electrons. The van der Waals surface area contributed by atoms with E-state index in [0.29, 0.717) is 18.9 Å². The maximum absolute atomic E-state index is 12.6. The molecule has 2 heterocycles. The molecular formula is C22H31N3O2S. The van der Waals surface area contributed by atoms with Gasteiger partial charge in [0.1, 0.15) is 5.75 Å². The van der Waals surface area contributed by atoms with Gasteiger partial charge in [-0.15, -0.1) is 11.3 Å². The number of hydrogen-bond donors (Lipinski definition) is 1. The van der Waals surface area contributed by atoms with Crippen molar-refractivity contribution in [3.63, 3.8) is 0 Å². The highest BCUT2D eigenvalue weighted by atomic mass is 32.1. The lowest BCUT2D eigenvalue weighted by atomic mass is 10.0. The van der Waals surface area contributed by atoms with Crippen molar-refractivity contribution in [1.82, 2.24) is 10.3 Å². The van der Waals surface area contributed by atoms with Crippen LogP contribution in [0.25, 0.3) is 0 Å². The Bertz CT molecular complexity index is 769. The van der Waals surface area contributed by atoms with Crippen LogP contribution in [0.3, 0.4) is 0 Å². The number of nitrogens with one attached hydrogen (secondary N) is 1. The highest BCUT2D eigenvalue weighted by Gasteiger charge is 2.20. The SMILES string of the molecule is CCC(Oc1ccccc1C(C)C)C(=O)NCCc1csc(N2CCCC2)n1. The van der Waals surface area contributed by atoms with E-state index in [1.165, 1.54) is 12.8 Å². The van der Waals surface area contributed by atoms with Crippen LogP contribution in [0.15, 0.2) is 29.6 Å². The zero-order valence-electron chi connectivity index (χ0n) is 17.1. The minimum absolute atomic E-state index is 0.0592. The van der Waals surface area contributed by atoms with Gasteiger partial charge in [0.2, 0.25) is 0 Å². The number of ether oxygens (including phenoxy) is 1. The highest BCUT2D eigenvalue weighted by molar-refractivity contribution is 7.13. The molecule has 1 fully saturated rings. The molecule has 1 aliphatic rings. The molecule has 1 aromatic carbocycles. The van der Waals surface area contributed by atoms with Gasteiger partial charge in [0.15, 0.2) is 11.2 Å². The van der Waals surface area contributed by atoms with Crippen LogP contribution in [0.5, 0.6) is 5.75 Å². The van der Waals surface area contributed by atoms with Gasteiger partial charge < -0.3 is 15.0 Å². The van der Waals surface area contributed by atoms with Crippen LogP contribution in [-0.2, 0) is 11.2 Å². The Balaban J connectivity index is 1.50. The number of aromatic nitrogens is 1. The molecule has 28 heavy (non-hydrogen) atoms. The minimum atomic E-state index is -0.476. The summed E-state index contributed by atoms with van der Waals surface area (Å²) >= 11 is 1.70.